The van der Waals surface area contributed by atoms with E-state index in [1.807, 2.05) is 20.9 Å². The molecule has 0 radical (unpaired) electrons. The van der Waals surface area contributed by atoms with Gasteiger partial charge in [0.25, 0.3) is 0 Å². The third-order valence-corrected chi connectivity index (χ3v) is 4.75. The van der Waals surface area contributed by atoms with Crippen LogP contribution in [-0.4, -0.2) is 31.5 Å². The predicted molar refractivity (Wildman–Crippen MR) is 109 cm³/mol. The molecule has 0 aliphatic heterocycles. The molecule has 4 nitrogen and oxygen atoms in total. The van der Waals surface area contributed by atoms with E-state index in [1.165, 1.54) is 5.56 Å². The smallest absolute Gasteiger partial charge is 0.225 e. The Bertz CT molecular complexity index is 750. The van der Waals surface area contributed by atoms with Gasteiger partial charge in [0.15, 0.2) is 0 Å². The van der Waals surface area contributed by atoms with Crippen LogP contribution in [-0.2, 0) is 11.3 Å². The summed E-state index contributed by atoms with van der Waals surface area (Å²) in [7, 11) is 3.68. The van der Waals surface area contributed by atoms with Crippen molar-refractivity contribution in [1.29, 1.82) is 0 Å². The van der Waals surface area contributed by atoms with Crippen LogP contribution in [0.15, 0.2) is 30.3 Å². The molecule has 26 heavy (non-hydrogen) atoms. The number of methoxy groups -OCH3 is 1. The topological polar surface area (TPSA) is 41.6 Å². The van der Waals surface area contributed by atoms with Crippen LogP contribution in [0.3, 0.4) is 0 Å². The number of para-hydroxylation sites is 1. The minimum Gasteiger partial charge on any atom is -0.496 e. The number of hydrogen-bond acceptors (Lipinski definition) is 3. The molecule has 0 saturated carbocycles. The number of hydrogen-bond donors (Lipinski definition) is 1. The number of aryl methyl sites for hydroxylation is 2. The zero-order valence-corrected chi connectivity index (χ0v) is 17.0. The first-order chi connectivity index (χ1) is 12.3. The van der Waals surface area contributed by atoms with Gasteiger partial charge < -0.3 is 15.0 Å². The highest BCUT2D eigenvalue weighted by Crippen LogP contribution is 2.30. The summed E-state index contributed by atoms with van der Waals surface area (Å²) in [5, 5.41) is 3.65. The molecule has 2 aromatic rings. The summed E-state index contributed by atoms with van der Waals surface area (Å²) < 4.78 is 5.40. The lowest BCUT2D eigenvalue weighted by molar-refractivity contribution is -0.116. The number of nitrogens with zero attached hydrogens (tertiary/aromatic N) is 1. The molecular formula is C20H24Cl2N2O2. The molecule has 0 aliphatic carbocycles. The molecule has 1 N–H and O–H groups in total. The minimum atomic E-state index is -0.117. The van der Waals surface area contributed by atoms with E-state index >= 15 is 0 Å². The highest BCUT2D eigenvalue weighted by Gasteiger charge is 2.12. The Morgan fingerprint density at radius 3 is 2.27 bits per heavy atom. The van der Waals surface area contributed by atoms with E-state index in [0.717, 1.165) is 23.4 Å². The van der Waals surface area contributed by atoms with Crippen LogP contribution in [0.2, 0.25) is 10.0 Å². The van der Waals surface area contributed by atoms with Crippen molar-refractivity contribution in [2.24, 2.45) is 0 Å². The van der Waals surface area contributed by atoms with E-state index in [0.29, 0.717) is 28.7 Å². The molecule has 0 heterocycles. The van der Waals surface area contributed by atoms with Gasteiger partial charge in [-0.2, -0.15) is 0 Å². The van der Waals surface area contributed by atoms with Crippen LogP contribution in [0.1, 0.15) is 23.1 Å². The Kier molecular flexibility index (Phi) is 7.33. The van der Waals surface area contributed by atoms with E-state index in [1.54, 1.807) is 25.3 Å². The third kappa shape index (κ3) is 5.37. The lowest BCUT2D eigenvalue weighted by Gasteiger charge is -2.18. The molecule has 140 valence electrons. The zero-order chi connectivity index (χ0) is 19.3. The number of amides is 1. The molecular weight excluding hydrogens is 371 g/mol. The Hall–Kier alpha value is -1.75. The Balaban J connectivity index is 1.90. The standard InChI is InChI=1S/C20H24Cl2N2O2/c1-13-10-15(11-14(2)20(13)26-4)12-24(3)9-8-18(25)23-19-16(21)6-5-7-17(19)22/h5-7,10-11H,8-9,12H2,1-4H3,(H,23,25). The molecule has 0 bridgehead atoms. The van der Waals surface area contributed by atoms with Crippen molar-refractivity contribution in [3.8, 4) is 5.75 Å². The summed E-state index contributed by atoms with van der Waals surface area (Å²) >= 11 is 12.2. The summed E-state index contributed by atoms with van der Waals surface area (Å²) in [6, 6.07) is 9.37. The second-order valence-electron chi connectivity index (χ2n) is 6.40. The van der Waals surface area contributed by atoms with Crippen LogP contribution in [0, 0.1) is 13.8 Å². The van der Waals surface area contributed by atoms with Crippen molar-refractivity contribution in [2.45, 2.75) is 26.8 Å². The molecule has 0 spiro atoms. The van der Waals surface area contributed by atoms with Crippen molar-refractivity contribution in [2.75, 3.05) is 26.0 Å². The minimum absolute atomic E-state index is 0.117. The first kappa shape index (κ1) is 20.6. The molecule has 0 unspecified atom stereocenters. The number of halogens is 2. The van der Waals surface area contributed by atoms with Crippen molar-refractivity contribution in [3.05, 3.63) is 57.1 Å². The van der Waals surface area contributed by atoms with Crippen molar-refractivity contribution in [3.63, 3.8) is 0 Å². The quantitative estimate of drug-likeness (QED) is 0.711. The molecule has 0 atom stereocenters. The number of nitrogens with one attached hydrogen (secondary N) is 1. The number of rotatable bonds is 7. The van der Waals surface area contributed by atoms with E-state index < -0.39 is 0 Å². The Morgan fingerprint density at radius 1 is 1.15 bits per heavy atom. The highest BCUT2D eigenvalue weighted by atomic mass is 35.5. The van der Waals surface area contributed by atoms with Gasteiger partial charge in [0.2, 0.25) is 5.91 Å². The normalized spacial score (nSPS) is 10.9. The van der Waals surface area contributed by atoms with Gasteiger partial charge in [-0.1, -0.05) is 41.4 Å². The predicted octanol–water partition coefficient (Wildman–Crippen LogP) is 5.08. The Labute approximate surface area is 165 Å². The summed E-state index contributed by atoms with van der Waals surface area (Å²) in [6.45, 7) is 5.45. The van der Waals surface area contributed by atoms with E-state index in [9.17, 15) is 4.79 Å². The molecule has 6 heteroatoms. The molecule has 0 aliphatic rings. The zero-order valence-electron chi connectivity index (χ0n) is 15.5. The first-order valence-corrected chi connectivity index (χ1v) is 9.14. The second-order valence-corrected chi connectivity index (χ2v) is 7.21. The summed E-state index contributed by atoms with van der Waals surface area (Å²) in [5.74, 6) is 0.807. The lowest BCUT2D eigenvalue weighted by Crippen LogP contribution is -2.24. The third-order valence-electron chi connectivity index (χ3n) is 4.12. The average Bonchev–Trinajstić information content (AvgIpc) is 2.56. The van der Waals surface area contributed by atoms with Gasteiger partial charge in [-0.05, 0) is 49.7 Å². The maximum absolute atomic E-state index is 12.2. The molecule has 2 aromatic carbocycles. The van der Waals surface area contributed by atoms with Crippen molar-refractivity contribution in [1.82, 2.24) is 4.90 Å². The van der Waals surface area contributed by atoms with Crippen LogP contribution in [0.25, 0.3) is 0 Å². The maximum atomic E-state index is 12.2. The Morgan fingerprint density at radius 2 is 1.73 bits per heavy atom. The number of ether oxygens (including phenoxy) is 1. The SMILES string of the molecule is COc1c(C)cc(CN(C)CCC(=O)Nc2c(Cl)cccc2Cl)cc1C. The monoisotopic (exact) mass is 394 g/mol. The highest BCUT2D eigenvalue weighted by molar-refractivity contribution is 6.39. The fraction of sp³-hybridized carbons (Fsp3) is 0.350. The van der Waals surface area contributed by atoms with Crippen LogP contribution in [0.4, 0.5) is 5.69 Å². The van der Waals surface area contributed by atoms with E-state index in [-0.39, 0.29) is 5.91 Å². The van der Waals surface area contributed by atoms with Gasteiger partial charge in [-0.3, -0.25) is 4.79 Å². The molecule has 0 saturated heterocycles. The molecule has 1 amide bonds. The van der Waals surface area contributed by atoms with E-state index in [4.69, 9.17) is 27.9 Å². The number of carbonyl (C=O) groups excluding carboxylic acids is 1. The summed E-state index contributed by atoms with van der Waals surface area (Å²) in [4.78, 5) is 14.3. The van der Waals surface area contributed by atoms with Gasteiger partial charge in [0.1, 0.15) is 5.75 Å². The van der Waals surface area contributed by atoms with Crippen LogP contribution >= 0.6 is 23.2 Å². The van der Waals surface area contributed by atoms with Gasteiger partial charge >= 0.3 is 0 Å². The second kappa shape index (κ2) is 9.26. The number of carbonyl (C=O) groups is 1. The number of benzene rings is 2. The average molecular weight is 395 g/mol. The lowest BCUT2D eigenvalue weighted by atomic mass is 10.1. The van der Waals surface area contributed by atoms with Crippen LogP contribution < -0.4 is 10.1 Å². The first-order valence-electron chi connectivity index (χ1n) is 8.38. The fourth-order valence-corrected chi connectivity index (χ4v) is 3.45. The van der Waals surface area contributed by atoms with Gasteiger partial charge in [0, 0.05) is 19.5 Å². The van der Waals surface area contributed by atoms with Gasteiger partial charge in [-0.15, -0.1) is 0 Å². The largest absolute Gasteiger partial charge is 0.496 e. The van der Waals surface area contributed by atoms with Crippen LogP contribution in [0.5, 0.6) is 5.75 Å². The van der Waals surface area contributed by atoms with Crippen molar-refractivity contribution < 1.29 is 9.53 Å². The molecule has 0 aromatic heterocycles. The van der Waals surface area contributed by atoms with Crippen molar-refractivity contribution >= 4 is 34.8 Å². The van der Waals surface area contributed by atoms with Gasteiger partial charge in [-0.25, -0.2) is 0 Å². The molecule has 0 fully saturated rings. The number of anilines is 1. The fourth-order valence-electron chi connectivity index (χ4n) is 2.96. The summed E-state index contributed by atoms with van der Waals surface area (Å²) in [5.41, 5.74) is 3.88. The molecule has 2 rings (SSSR count). The maximum Gasteiger partial charge on any atom is 0.225 e. The summed E-state index contributed by atoms with van der Waals surface area (Å²) in [6.07, 6.45) is 0.353. The van der Waals surface area contributed by atoms with E-state index in [2.05, 4.69) is 22.3 Å². The van der Waals surface area contributed by atoms with Gasteiger partial charge in [0.05, 0.1) is 22.8 Å².